The van der Waals surface area contributed by atoms with Crippen LogP contribution in [0.25, 0.3) is 11.1 Å². The molecule has 9 heteroatoms. The number of aromatic nitrogens is 1. The van der Waals surface area contributed by atoms with Gasteiger partial charge in [-0.25, -0.2) is 9.37 Å². The van der Waals surface area contributed by atoms with Crippen molar-refractivity contribution in [3.63, 3.8) is 0 Å². The summed E-state index contributed by atoms with van der Waals surface area (Å²) in [7, 11) is 11.0. The SMILES string of the molecule is [B]c1cc(-c2cnc(C(=O)NCC(=O)O)c(O)c2)cc(F)c1[B]. The summed E-state index contributed by atoms with van der Waals surface area (Å²) in [6.07, 6.45) is 1.22. The van der Waals surface area contributed by atoms with Gasteiger partial charge in [0.15, 0.2) is 5.69 Å². The van der Waals surface area contributed by atoms with E-state index in [1.807, 2.05) is 0 Å². The van der Waals surface area contributed by atoms with Crippen molar-refractivity contribution in [2.75, 3.05) is 6.54 Å². The smallest absolute Gasteiger partial charge is 0.322 e. The molecule has 1 heterocycles. The quantitative estimate of drug-likeness (QED) is 0.629. The van der Waals surface area contributed by atoms with E-state index in [0.29, 0.717) is 11.1 Å². The fourth-order valence-corrected chi connectivity index (χ4v) is 1.83. The third kappa shape index (κ3) is 3.68. The molecule has 1 amide bonds. The fourth-order valence-electron chi connectivity index (χ4n) is 1.83. The van der Waals surface area contributed by atoms with E-state index in [1.54, 1.807) is 0 Å². The second-order valence-corrected chi connectivity index (χ2v) is 4.63. The molecule has 23 heavy (non-hydrogen) atoms. The average Bonchev–Trinajstić information content (AvgIpc) is 2.49. The molecular weight excluding hydrogens is 301 g/mol. The van der Waals surface area contributed by atoms with Crippen LogP contribution in [-0.4, -0.2) is 49.3 Å². The van der Waals surface area contributed by atoms with E-state index in [2.05, 4.69) is 10.3 Å². The van der Waals surface area contributed by atoms with Crippen LogP contribution in [0.4, 0.5) is 4.39 Å². The predicted octanol–water partition coefficient (Wildman–Crippen LogP) is -1.00. The second-order valence-electron chi connectivity index (χ2n) is 4.63. The lowest BCUT2D eigenvalue weighted by molar-refractivity contribution is -0.135. The number of halogens is 1. The molecular formula is C14H9B2FN2O4. The number of hydrogen-bond donors (Lipinski definition) is 3. The third-order valence-corrected chi connectivity index (χ3v) is 2.98. The molecule has 112 valence electrons. The van der Waals surface area contributed by atoms with Gasteiger partial charge in [-0.2, -0.15) is 0 Å². The lowest BCUT2D eigenvalue weighted by Gasteiger charge is -2.10. The van der Waals surface area contributed by atoms with Crippen LogP contribution in [-0.2, 0) is 4.79 Å². The minimum atomic E-state index is -1.23. The maximum absolute atomic E-state index is 13.6. The summed E-state index contributed by atoms with van der Waals surface area (Å²) in [5.74, 6) is -3.29. The number of carbonyl (C=O) groups is 2. The number of pyridine rings is 1. The van der Waals surface area contributed by atoms with Crippen LogP contribution in [0.15, 0.2) is 24.4 Å². The predicted molar refractivity (Wildman–Crippen MR) is 82.0 cm³/mol. The molecule has 0 aliphatic carbocycles. The van der Waals surface area contributed by atoms with Crippen molar-refractivity contribution in [1.29, 1.82) is 0 Å². The number of carbonyl (C=O) groups excluding carboxylic acids is 1. The number of amides is 1. The van der Waals surface area contributed by atoms with E-state index in [4.69, 9.17) is 20.8 Å². The van der Waals surface area contributed by atoms with Gasteiger partial charge in [0, 0.05) is 11.8 Å². The highest BCUT2D eigenvalue weighted by Gasteiger charge is 2.15. The number of nitrogens with one attached hydrogen (secondary N) is 1. The minimum Gasteiger partial charge on any atom is -0.505 e. The van der Waals surface area contributed by atoms with Crippen LogP contribution in [0.3, 0.4) is 0 Å². The van der Waals surface area contributed by atoms with Crippen LogP contribution in [0.5, 0.6) is 5.75 Å². The summed E-state index contributed by atoms with van der Waals surface area (Å²) in [6.45, 7) is -0.610. The lowest BCUT2D eigenvalue weighted by Crippen LogP contribution is -2.30. The molecule has 3 N–H and O–H groups in total. The lowest BCUT2D eigenvalue weighted by atomic mass is 9.79. The van der Waals surface area contributed by atoms with E-state index in [9.17, 15) is 19.1 Å². The van der Waals surface area contributed by atoms with Crippen molar-refractivity contribution >= 4 is 38.5 Å². The molecule has 0 saturated heterocycles. The van der Waals surface area contributed by atoms with Crippen molar-refractivity contribution < 1.29 is 24.2 Å². The number of aromatic hydroxyl groups is 1. The van der Waals surface area contributed by atoms with Crippen LogP contribution < -0.4 is 16.2 Å². The molecule has 0 bridgehead atoms. The van der Waals surface area contributed by atoms with Crippen molar-refractivity contribution in [3.05, 3.63) is 35.9 Å². The third-order valence-electron chi connectivity index (χ3n) is 2.98. The molecule has 2 rings (SSSR count). The molecule has 4 radical (unpaired) electrons. The second kappa shape index (κ2) is 6.51. The van der Waals surface area contributed by atoms with Crippen molar-refractivity contribution in [3.8, 4) is 16.9 Å². The number of hydrogen-bond acceptors (Lipinski definition) is 4. The molecule has 0 spiro atoms. The summed E-state index contributed by atoms with van der Waals surface area (Å²) in [5, 5.41) is 20.4. The Morgan fingerprint density at radius 2 is 1.91 bits per heavy atom. The fraction of sp³-hybridized carbons (Fsp3) is 0.0714. The molecule has 0 atom stereocenters. The Morgan fingerprint density at radius 1 is 1.22 bits per heavy atom. The van der Waals surface area contributed by atoms with Crippen molar-refractivity contribution in [2.45, 2.75) is 0 Å². The van der Waals surface area contributed by atoms with Crippen molar-refractivity contribution in [2.24, 2.45) is 0 Å². The molecule has 6 nitrogen and oxygen atoms in total. The van der Waals surface area contributed by atoms with Gasteiger partial charge >= 0.3 is 5.97 Å². The maximum Gasteiger partial charge on any atom is 0.322 e. The normalized spacial score (nSPS) is 10.3. The maximum atomic E-state index is 13.6. The molecule has 0 unspecified atom stereocenters. The minimum absolute atomic E-state index is 0.0303. The first kappa shape index (κ1) is 16.5. The van der Waals surface area contributed by atoms with Gasteiger partial charge in [0.25, 0.3) is 5.91 Å². The van der Waals surface area contributed by atoms with Gasteiger partial charge in [-0.3, -0.25) is 9.59 Å². The molecule has 2 aromatic rings. The van der Waals surface area contributed by atoms with Gasteiger partial charge in [-0.15, -0.1) is 5.46 Å². The number of carboxylic acid groups (broad SMARTS) is 1. The van der Waals surface area contributed by atoms with Crippen LogP contribution >= 0.6 is 0 Å². The molecule has 0 aliphatic rings. The zero-order chi connectivity index (χ0) is 17.1. The van der Waals surface area contributed by atoms with Gasteiger partial charge in [0.1, 0.15) is 33.8 Å². The summed E-state index contributed by atoms with van der Waals surface area (Å²) < 4.78 is 13.6. The highest BCUT2D eigenvalue weighted by Crippen LogP contribution is 2.24. The average molecular weight is 310 g/mol. The molecule has 0 aliphatic heterocycles. The van der Waals surface area contributed by atoms with Gasteiger partial charge < -0.3 is 15.5 Å². The van der Waals surface area contributed by atoms with Crippen LogP contribution in [0.1, 0.15) is 10.5 Å². The number of aliphatic carboxylic acids is 1. The van der Waals surface area contributed by atoms with Crippen LogP contribution in [0.2, 0.25) is 0 Å². The number of benzene rings is 1. The van der Waals surface area contributed by atoms with Gasteiger partial charge in [0.2, 0.25) is 0 Å². The largest absolute Gasteiger partial charge is 0.505 e. The number of carboxylic acids is 1. The van der Waals surface area contributed by atoms with Crippen molar-refractivity contribution in [1.82, 2.24) is 10.3 Å². The molecule has 1 aromatic heterocycles. The first-order valence-electron chi connectivity index (χ1n) is 6.33. The Morgan fingerprint density at radius 3 is 2.48 bits per heavy atom. The first-order chi connectivity index (χ1) is 10.8. The summed E-state index contributed by atoms with van der Waals surface area (Å²) in [5.41, 5.74) is 0.120. The Balaban J connectivity index is 2.32. The summed E-state index contributed by atoms with van der Waals surface area (Å²) in [4.78, 5) is 25.8. The van der Waals surface area contributed by atoms with E-state index >= 15 is 0 Å². The zero-order valence-corrected chi connectivity index (χ0v) is 11.7. The Bertz CT molecular complexity index is 775. The van der Waals surface area contributed by atoms with Crippen LogP contribution in [0, 0.1) is 5.82 Å². The number of nitrogens with zero attached hydrogens (tertiary/aromatic N) is 1. The zero-order valence-electron chi connectivity index (χ0n) is 11.7. The highest BCUT2D eigenvalue weighted by molar-refractivity contribution is 6.48. The van der Waals surface area contributed by atoms with Gasteiger partial charge in [-0.05, 0) is 17.7 Å². The molecule has 0 fully saturated rings. The summed E-state index contributed by atoms with van der Waals surface area (Å²) in [6, 6.07) is 3.71. The molecule has 1 aromatic carbocycles. The Kier molecular flexibility index (Phi) is 4.68. The van der Waals surface area contributed by atoms with E-state index < -0.39 is 30.0 Å². The first-order valence-corrected chi connectivity index (χ1v) is 6.33. The van der Waals surface area contributed by atoms with Gasteiger partial charge in [0.05, 0.1) is 0 Å². The van der Waals surface area contributed by atoms with E-state index in [0.717, 1.165) is 6.07 Å². The summed E-state index contributed by atoms with van der Waals surface area (Å²) >= 11 is 0. The monoisotopic (exact) mass is 310 g/mol. The Hall–Kier alpha value is -2.83. The van der Waals surface area contributed by atoms with Gasteiger partial charge in [-0.1, -0.05) is 11.5 Å². The standard InChI is InChI=1S/C14H9B2FN2O4/c15-8-1-6(2-9(17)12(8)16)7-3-10(20)13(18-4-7)14(23)19-5-11(21)22/h1-4,20H,5H2,(H,19,23)(H,21,22). The number of rotatable bonds is 4. The topological polar surface area (TPSA) is 99.5 Å². The molecule has 0 saturated carbocycles. The Labute approximate surface area is 133 Å². The highest BCUT2D eigenvalue weighted by atomic mass is 19.1. The van der Waals surface area contributed by atoms with E-state index in [-0.39, 0.29) is 16.6 Å². The van der Waals surface area contributed by atoms with E-state index in [1.165, 1.54) is 18.3 Å².